The summed E-state index contributed by atoms with van der Waals surface area (Å²) < 4.78 is 5.94. The molecule has 0 saturated heterocycles. The number of aromatic hydroxyl groups is 1. The Morgan fingerprint density at radius 2 is 1.83 bits per heavy atom. The zero-order valence-electron chi connectivity index (χ0n) is 12.1. The molecule has 5 nitrogen and oxygen atoms in total. The van der Waals surface area contributed by atoms with E-state index in [2.05, 4.69) is 31.9 Å². The Morgan fingerprint density at radius 1 is 1.17 bits per heavy atom. The second kappa shape index (κ2) is 7.61. The molecule has 0 bridgehead atoms. The topological polar surface area (TPSA) is 66.8 Å². The molecule has 2 aromatic rings. The number of rotatable bonds is 4. The number of phenolic OH excluding ortho intramolecular Hbond substituents is 1. The van der Waals surface area contributed by atoms with Crippen molar-refractivity contribution in [2.75, 3.05) is 18.6 Å². The monoisotopic (exact) mass is 441 g/mol. The Morgan fingerprint density at radius 3 is 2.48 bits per heavy atom. The van der Waals surface area contributed by atoms with Gasteiger partial charge in [-0.3, -0.25) is 4.79 Å². The van der Waals surface area contributed by atoms with E-state index >= 15 is 0 Å². The van der Waals surface area contributed by atoms with Gasteiger partial charge in [-0.15, -0.1) is 0 Å². The van der Waals surface area contributed by atoms with Crippen LogP contribution in [0.1, 0.15) is 10.4 Å². The lowest BCUT2D eigenvalue weighted by Crippen LogP contribution is -2.31. The van der Waals surface area contributed by atoms with Crippen molar-refractivity contribution in [3.05, 3.63) is 57.0 Å². The molecule has 0 aliphatic heterocycles. The first kappa shape index (κ1) is 17.5. The number of likely N-dealkylation sites (N-methyl/N-ethyl adjacent to an activating group) is 1. The van der Waals surface area contributed by atoms with Crippen molar-refractivity contribution in [3.8, 4) is 5.75 Å². The van der Waals surface area contributed by atoms with Gasteiger partial charge >= 0.3 is 5.97 Å². The third kappa shape index (κ3) is 4.33. The zero-order valence-corrected chi connectivity index (χ0v) is 15.3. The van der Waals surface area contributed by atoms with Crippen LogP contribution in [-0.4, -0.2) is 30.6 Å². The maximum Gasteiger partial charge on any atom is 0.342 e. The van der Waals surface area contributed by atoms with Crippen LogP contribution < -0.4 is 4.90 Å². The Balaban J connectivity index is 2.03. The fourth-order valence-corrected chi connectivity index (χ4v) is 3.04. The first-order valence-electron chi connectivity index (χ1n) is 6.57. The largest absolute Gasteiger partial charge is 0.506 e. The summed E-state index contributed by atoms with van der Waals surface area (Å²) >= 11 is 6.36. The molecule has 7 heteroatoms. The summed E-state index contributed by atoms with van der Waals surface area (Å²) in [7, 11) is 1.60. The molecule has 0 spiro atoms. The second-order valence-corrected chi connectivity index (χ2v) is 6.42. The van der Waals surface area contributed by atoms with Gasteiger partial charge in [-0.25, -0.2) is 4.79 Å². The highest BCUT2D eigenvalue weighted by molar-refractivity contribution is 9.11. The van der Waals surface area contributed by atoms with E-state index in [0.29, 0.717) is 14.6 Å². The van der Waals surface area contributed by atoms with Crippen LogP contribution in [0.15, 0.2) is 51.4 Å². The number of para-hydroxylation sites is 1. The average molecular weight is 443 g/mol. The van der Waals surface area contributed by atoms with Crippen LogP contribution in [0.2, 0.25) is 0 Å². The van der Waals surface area contributed by atoms with Crippen LogP contribution >= 0.6 is 31.9 Å². The average Bonchev–Trinajstić information content (AvgIpc) is 2.55. The van der Waals surface area contributed by atoms with Gasteiger partial charge in [-0.05, 0) is 40.2 Å². The molecule has 1 N–H and O–H groups in total. The molecule has 120 valence electrons. The molecule has 2 rings (SSSR count). The summed E-state index contributed by atoms with van der Waals surface area (Å²) in [5, 5.41) is 9.88. The molecule has 0 saturated carbocycles. The SMILES string of the molecule is CN(C(=O)COC(=O)c1cc(Br)cc(Br)c1O)c1ccccc1. The van der Waals surface area contributed by atoms with Gasteiger partial charge in [0.05, 0.1) is 4.47 Å². The van der Waals surface area contributed by atoms with Gasteiger partial charge in [0.25, 0.3) is 5.91 Å². The molecule has 0 heterocycles. The highest BCUT2D eigenvalue weighted by atomic mass is 79.9. The number of hydrogen-bond acceptors (Lipinski definition) is 4. The molecule has 0 fully saturated rings. The maximum absolute atomic E-state index is 12.1. The van der Waals surface area contributed by atoms with Crippen LogP contribution in [0.3, 0.4) is 0 Å². The van der Waals surface area contributed by atoms with E-state index in [0.717, 1.165) is 0 Å². The summed E-state index contributed by atoms with van der Waals surface area (Å²) in [5.74, 6) is -1.39. The Kier molecular flexibility index (Phi) is 5.79. The van der Waals surface area contributed by atoms with E-state index in [-0.39, 0.29) is 17.2 Å². The van der Waals surface area contributed by atoms with Crippen molar-refractivity contribution in [2.24, 2.45) is 0 Å². The lowest BCUT2D eigenvalue weighted by Gasteiger charge is -2.17. The molecular formula is C16H13Br2NO4. The van der Waals surface area contributed by atoms with Crippen molar-refractivity contribution in [1.29, 1.82) is 0 Å². The third-order valence-corrected chi connectivity index (χ3v) is 4.15. The molecule has 0 aliphatic rings. The number of anilines is 1. The number of carbonyl (C=O) groups is 2. The molecule has 0 aliphatic carbocycles. The molecule has 0 radical (unpaired) electrons. The highest BCUT2D eigenvalue weighted by Crippen LogP contribution is 2.32. The first-order valence-corrected chi connectivity index (χ1v) is 8.15. The van der Waals surface area contributed by atoms with Crippen LogP contribution in [-0.2, 0) is 9.53 Å². The van der Waals surface area contributed by atoms with Gasteiger partial charge in [-0.2, -0.15) is 0 Å². The van der Waals surface area contributed by atoms with Gasteiger partial charge < -0.3 is 14.7 Å². The predicted octanol–water partition coefficient (Wildman–Crippen LogP) is 3.74. The van der Waals surface area contributed by atoms with Crippen LogP contribution in [0.25, 0.3) is 0 Å². The summed E-state index contributed by atoms with van der Waals surface area (Å²) in [6, 6.07) is 12.0. The minimum Gasteiger partial charge on any atom is -0.506 e. The second-order valence-electron chi connectivity index (χ2n) is 4.65. The summed E-state index contributed by atoms with van der Waals surface area (Å²) in [6.07, 6.45) is 0. The summed E-state index contributed by atoms with van der Waals surface area (Å²) in [6.45, 7) is -0.423. The summed E-state index contributed by atoms with van der Waals surface area (Å²) in [5.41, 5.74) is 0.669. The third-order valence-electron chi connectivity index (χ3n) is 3.09. The number of halogens is 2. The van der Waals surface area contributed by atoms with Gasteiger partial charge in [-0.1, -0.05) is 34.1 Å². The van der Waals surface area contributed by atoms with E-state index in [9.17, 15) is 14.7 Å². The van der Waals surface area contributed by atoms with E-state index in [4.69, 9.17) is 4.74 Å². The highest BCUT2D eigenvalue weighted by Gasteiger charge is 2.19. The number of esters is 1. The number of phenols is 1. The summed E-state index contributed by atoms with van der Waals surface area (Å²) in [4.78, 5) is 25.5. The van der Waals surface area contributed by atoms with Crippen LogP contribution in [0, 0.1) is 0 Å². The van der Waals surface area contributed by atoms with Gasteiger partial charge in [0.1, 0.15) is 11.3 Å². The van der Waals surface area contributed by atoms with Crippen molar-refractivity contribution >= 4 is 49.4 Å². The molecule has 0 atom stereocenters. The number of carbonyl (C=O) groups excluding carboxylic acids is 2. The molecular weight excluding hydrogens is 430 g/mol. The predicted molar refractivity (Wildman–Crippen MR) is 93.6 cm³/mol. The van der Waals surface area contributed by atoms with Crippen molar-refractivity contribution in [1.82, 2.24) is 0 Å². The maximum atomic E-state index is 12.1. The normalized spacial score (nSPS) is 10.2. The van der Waals surface area contributed by atoms with Gasteiger partial charge in [0, 0.05) is 17.2 Å². The molecule has 2 aromatic carbocycles. The van der Waals surface area contributed by atoms with Crippen LogP contribution in [0.5, 0.6) is 5.75 Å². The number of benzene rings is 2. The van der Waals surface area contributed by atoms with E-state index in [1.165, 1.54) is 11.0 Å². The Labute approximate surface area is 150 Å². The fourth-order valence-electron chi connectivity index (χ4n) is 1.82. The van der Waals surface area contributed by atoms with E-state index < -0.39 is 12.6 Å². The lowest BCUT2D eigenvalue weighted by molar-refractivity contribution is -0.121. The number of hydrogen-bond donors (Lipinski definition) is 1. The quantitative estimate of drug-likeness (QED) is 0.732. The van der Waals surface area contributed by atoms with Gasteiger partial charge in [0.2, 0.25) is 0 Å². The number of ether oxygens (including phenoxy) is 1. The molecule has 0 unspecified atom stereocenters. The van der Waals surface area contributed by atoms with E-state index in [1.807, 2.05) is 18.2 Å². The number of amides is 1. The van der Waals surface area contributed by atoms with Crippen molar-refractivity contribution in [3.63, 3.8) is 0 Å². The zero-order chi connectivity index (χ0) is 17.0. The Bertz CT molecular complexity index is 734. The lowest BCUT2D eigenvalue weighted by atomic mass is 10.2. The minimum absolute atomic E-state index is 0.0265. The van der Waals surface area contributed by atoms with E-state index in [1.54, 1.807) is 25.2 Å². The van der Waals surface area contributed by atoms with Crippen molar-refractivity contribution in [2.45, 2.75) is 0 Å². The minimum atomic E-state index is -0.778. The molecule has 23 heavy (non-hydrogen) atoms. The van der Waals surface area contributed by atoms with Gasteiger partial charge in [0.15, 0.2) is 6.61 Å². The Hall–Kier alpha value is -1.86. The number of nitrogens with zero attached hydrogens (tertiary/aromatic N) is 1. The fraction of sp³-hybridized carbons (Fsp3) is 0.125. The molecule has 1 amide bonds. The first-order chi connectivity index (χ1) is 10.9. The van der Waals surface area contributed by atoms with Crippen LogP contribution in [0.4, 0.5) is 5.69 Å². The molecule has 0 aromatic heterocycles. The van der Waals surface area contributed by atoms with Crippen molar-refractivity contribution < 1.29 is 19.4 Å². The smallest absolute Gasteiger partial charge is 0.342 e. The standard InChI is InChI=1S/C16H13Br2NO4/c1-19(11-5-3-2-4-6-11)14(20)9-23-16(22)12-7-10(17)8-13(18)15(12)21/h2-8,21H,9H2,1H3.